The Morgan fingerprint density at radius 2 is 1.95 bits per heavy atom. The van der Waals surface area contributed by atoms with Gasteiger partial charge in [-0.1, -0.05) is 17.7 Å². The van der Waals surface area contributed by atoms with Gasteiger partial charge in [0, 0.05) is 17.0 Å². The zero-order valence-corrected chi connectivity index (χ0v) is 14.6. The number of carbonyl (C=O) groups excluding carboxylic acids is 1. The minimum Gasteiger partial charge on any atom is -0.310 e. The van der Waals surface area contributed by atoms with Crippen LogP contribution in [0.15, 0.2) is 35.4 Å². The molecule has 1 aromatic heterocycles. The highest BCUT2D eigenvalue weighted by atomic mass is 32.2. The number of benzene rings is 1. The van der Waals surface area contributed by atoms with Gasteiger partial charge in [-0.3, -0.25) is 4.79 Å². The Kier molecular flexibility index (Phi) is 5.29. The molecule has 0 fully saturated rings. The lowest BCUT2D eigenvalue weighted by atomic mass is 10.2. The predicted molar refractivity (Wildman–Crippen MR) is 92.5 cm³/mol. The zero-order valence-electron chi connectivity index (χ0n) is 13.8. The molecule has 0 aliphatic carbocycles. The number of amides is 1. The first-order valence-corrected chi connectivity index (χ1v) is 8.34. The fourth-order valence-electron chi connectivity index (χ4n) is 2.13. The number of hydrogen-bond acceptors (Lipinski definition) is 3. The smallest absolute Gasteiger partial charge is 0.238 e. The van der Waals surface area contributed by atoms with Crippen molar-refractivity contribution >= 4 is 23.5 Å². The van der Waals surface area contributed by atoms with Crippen molar-refractivity contribution < 1.29 is 4.79 Å². The van der Waals surface area contributed by atoms with E-state index in [1.54, 1.807) is 18.0 Å². The predicted octanol–water partition coefficient (Wildman–Crippen LogP) is 4.20. The molecule has 1 amide bonds. The molecule has 0 aliphatic rings. The van der Waals surface area contributed by atoms with Crippen LogP contribution < -0.4 is 5.32 Å². The topological polar surface area (TPSA) is 46.9 Å². The summed E-state index contributed by atoms with van der Waals surface area (Å²) in [4.78, 5) is 13.6. The van der Waals surface area contributed by atoms with E-state index in [0.29, 0.717) is 0 Å². The molecule has 0 saturated carbocycles. The molecule has 4 nitrogen and oxygen atoms in total. The maximum atomic E-state index is 12.4. The standard InChI is InChI=1S/C17H23N3OS/c1-11(2)20-16(8-9-18-20)19-17(21)14(5)22-15-10-12(3)6-7-13(15)4/h6-11,14H,1-5H3,(H,19,21)/t14-/m1/s1. The van der Waals surface area contributed by atoms with E-state index in [2.05, 4.69) is 42.5 Å². The van der Waals surface area contributed by atoms with Gasteiger partial charge < -0.3 is 5.32 Å². The summed E-state index contributed by atoms with van der Waals surface area (Å²) in [6.45, 7) is 10.1. The molecule has 5 heteroatoms. The van der Waals surface area contributed by atoms with Gasteiger partial charge in [0.2, 0.25) is 5.91 Å². The first kappa shape index (κ1) is 16.6. The largest absolute Gasteiger partial charge is 0.310 e. The highest BCUT2D eigenvalue weighted by Gasteiger charge is 2.17. The third-order valence-electron chi connectivity index (χ3n) is 3.43. The first-order valence-electron chi connectivity index (χ1n) is 7.46. The van der Waals surface area contributed by atoms with Crippen LogP contribution in [0.2, 0.25) is 0 Å². The summed E-state index contributed by atoms with van der Waals surface area (Å²) in [5, 5.41) is 7.03. The number of anilines is 1. The Balaban J connectivity index is 2.06. The monoisotopic (exact) mass is 317 g/mol. The summed E-state index contributed by atoms with van der Waals surface area (Å²) in [6.07, 6.45) is 1.71. The molecule has 2 rings (SSSR count). The minimum absolute atomic E-state index is 0.00620. The van der Waals surface area contributed by atoms with Gasteiger partial charge in [0.15, 0.2) is 0 Å². The van der Waals surface area contributed by atoms with Crippen LogP contribution in [0.25, 0.3) is 0 Å². The number of nitrogens with one attached hydrogen (secondary N) is 1. The van der Waals surface area contributed by atoms with Crippen LogP contribution in [0, 0.1) is 13.8 Å². The van der Waals surface area contributed by atoms with Gasteiger partial charge in [0.25, 0.3) is 0 Å². The quantitative estimate of drug-likeness (QED) is 0.841. The number of aromatic nitrogens is 2. The molecule has 0 saturated heterocycles. The average molecular weight is 317 g/mol. The molecule has 2 aromatic rings. The Bertz CT molecular complexity index is 664. The highest BCUT2D eigenvalue weighted by Crippen LogP contribution is 2.28. The molecule has 0 spiro atoms. The summed E-state index contributed by atoms with van der Waals surface area (Å²) in [7, 11) is 0. The lowest BCUT2D eigenvalue weighted by Crippen LogP contribution is -2.24. The Morgan fingerprint density at radius 3 is 2.64 bits per heavy atom. The van der Waals surface area contributed by atoms with Crippen molar-refractivity contribution in [2.45, 2.75) is 50.8 Å². The molecule has 0 aliphatic heterocycles. The first-order chi connectivity index (χ1) is 10.4. The van der Waals surface area contributed by atoms with Crippen LogP contribution >= 0.6 is 11.8 Å². The Labute approximate surface area is 136 Å². The molecule has 118 valence electrons. The van der Waals surface area contributed by atoms with Crippen molar-refractivity contribution in [1.82, 2.24) is 9.78 Å². The molecule has 1 heterocycles. The lowest BCUT2D eigenvalue weighted by molar-refractivity contribution is -0.115. The van der Waals surface area contributed by atoms with Crippen molar-refractivity contribution in [2.75, 3.05) is 5.32 Å². The summed E-state index contributed by atoms with van der Waals surface area (Å²) in [5.41, 5.74) is 2.40. The maximum absolute atomic E-state index is 12.4. The summed E-state index contributed by atoms with van der Waals surface area (Å²) < 4.78 is 1.81. The van der Waals surface area contributed by atoms with Crippen molar-refractivity contribution in [3.05, 3.63) is 41.6 Å². The fourth-order valence-corrected chi connectivity index (χ4v) is 3.19. The van der Waals surface area contributed by atoms with Crippen LogP contribution in [0.5, 0.6) is 0 Å². The fraction of sp³-hybridized carbons (Fsp3) is 0.412. The molecule has 1 atom stereocenters. The molecule has 22 heavy (non-hydrogen) atoms. The van der Waals surface area contributed by atoms with Gasteiger partial charge in [0.1, 0.15) is 5.82 Å². The van der Waals surface area contributed by atoms with E-state index in [9.17, 15) is 4.79 Å². The van der Waals surface area contributed by atoms with Gasteiger partial charge in [-0.15, -0.1) is 11.8 Å². The third kappa shape index (κ3) is 3.91. The van der Waals surface area contributed by atoms with Crippen molar-refractivity contribution in [1.29, 1.82) is 0 Å². The lowest BCUT2D eigenvalue weighted by Gasteiger charge is -2.16. The Hall–Kier alpha value is -1.75. The van der Waals surface area contributed by atoms with Gasteiger partial charge in [0.05, 0.1) is 11.4 Å². The van der Waals surface area contributed by atoms with E-state index >= 15 is 0 Å². The second kappa shape index (κ2) is 7.01. The summed E-state index contributed by atoms with van der Waals surface area (Å²) in [5.74, 6) is 0.738. The highest BCUT2D eigenvalue weighted by molar-refractivity contribution is 8.00. The number of rotatable bonds is 5. The number of aryl methyl sites for hydroxylation is 2. The van der Waals surface area contributed by atoms with Crippen molar-refractivity contribution in [2.24, 2.45) is 0 Å². The van der Waals surface area contributed by atoms with Gasteiger partial charge in [-0.2, -0.15) is 5.10 Å². The maximum Gasteiger partial charge on any atom is 0.238 e. The molecule has 0 bridgehead atoms. The molecule has 0 radical (unpaired) electrons. The summed E-state index contributed by atoms with van der Waals surface area (Å²) >= 11 is 1.59. The van der Waals surface area contributed by atoms with Crippen molar-refractivity contribution in [3.8, 4) is 0 Å². The SMILES string of the molecule is Cc1ccc(C)c(S[C@H](C)C(=O)Nc2ccnn2C(C)C)c1. The number of carbonyl (C=O) groups is 1. The number of thioether (sulfide) groups is 1. The van der Waals surface area contributed by atoms with Crippen LogP contribution in [0.3, 0.4) is 0 Å². The van der Waals surface area contributed by atoms with Crippen LogP contribution in [0.4, 0.5) is 5.82 Å². The van der Waals surface area contributed by atoms with Crippen molar-refractivity contribution in [3.63, 3.8) is 0 Å². The van der Waals surface area contributed by atoms with Gasteiger partial charge >= 0.3 is 0 Å². The molecular formula is C17H23N3OS. The van der Waals surface area contributed by atoms with E-state index in [1.165, 1.54) is 11.1 Å². The molecule has 0 unspecified atom stereocenters. The van der Waals surface area contributed by atoms with E-state index < -0.39 is 0 Å². The van der Waals surface area contributed by atoms with E-state index in [0.717, 1.165) is 10.7 Å². The Morgan fingerprint density at radius 1 is 1.23 bits per heavy atom. The normalized spacial score (nSPS) is 12.5. The number of nitrogens with zero attached hydrogens (tertiary/aromatic N) is 2. The summed E-state index contributed by atoms with van der Waals surface area (Å²) in [6, 6.07) is 8.35. The van der Waals surface area contributed by atoms with Crippen LogP contribution in [-0.2, 0) is 4.79 Å². The van der Waals surface area contributed by atoms with E-state index in [-0.39, 0.29) is 17.2 Å². The average Bonchev–Trinajstić information content (AvgIpc) is 2.91. The second-order valence-electron chi connectivity index (χ2n) is 5.77. The third-order valence-corrected chi connectivity index (χ3v) is 4.69. The molecular weight excluding hydrogens is 294 g/mol. The molecule has 1 N–H and O–H groups in total. The van der Waals surface area contributed by atoms with Gasteiger partial charge in [-0.25, -0.2) is 4.68 Å². The van der Waals surface area contributed by atoms with E-state index in [1.807, 2.05) is 31.5 Å². The van der Waals surface area contributed by atoms with Crippen LogP contribution in [-0.4, -0.2) is 20.9 Å². The van der Waals surface area contributed by atoms with Crippen LogP contribution in [0.1, 0.15) is 37.9 Å². The van der Waals surface area contributed by atoms with Gasteiger partial charge in [-0.05, 0) is 46.2 Å². The second-order valence-corrected chi connectivity index (χ2v) is 7.16. The van der Waals surface area contributed by atoms with E-state index in [4.69, 9.17) is 0 Å². The molecule has 1 aromatic carbocycles. The minimum atomic E-state index is -0.170. The number of hydrogen-bond donors (Lipinski definition) is 1. The zero-order chi connectivity index (χ0) is 16.3.